The third kappa shape index (κ3) is 3.85. The third-order valence-electron chi connectivity index (χ3n) is 3.16. The lowest BCUT2D eigenvalue weighted by atomic mass is 10.1. The smallest absolute Gasteiger partial charge is 0.326 e. The van der Waals surface area contributed by atoms with Crippen LogP contribution in [-0.4, -0.2) is 44.9 Å². The molecule has 1 aromatic heterocycles. The maximum absolute atomic E-state index is 11.4. The second kappa shape index (κ2) is 7.21. The molecule has 1 heterocycles. The van der Waals surface area contributed by atoms with E-state index in [0.717, 1.165) is 0 Å². The molecule has 2 aromatic rings. The minimum absolute atomic E-state index is 0.0605. The van der Waals surface area contributed by atoms with Gasteiger partial charge in [-0.05, 0) is 29.2 Å². The van der Waals surface area contributed by atoms with Crippen molar-refractivity contribution in [1.82, 2.24) is 10.3 Å². The standard InChI is InChI=1S/C12H15N7O5/c13-12(14)15-5-1-2-7(11(20)21)16-6-3-4-8(19(22)23)10-9(6)17-24-18-10/h3-4,7,16H,1-2,5H2,(H,20,21)(H4,13,14,15)/t7-/m0/s1. The summed E-state index contributed by atoms with van der Waals surface area (Å²) in [6.07, 6.45) is 0.658. The van der Waals surface area contributed by atoms with E-state index in [0.29, 0.717) is 6.42 Å². The molecule has 2 rings (SSSR count). The largest absolute Gasteiger partial charge is 0.480 e. The summed E-state index contributed by atoms with van der Waals surface area (Å²) in [5.74, 6) is -1.16. The number of nitro benzene ring substituents is 1. The number of aliphatic imine (C=N–C) groups is 1. The van der Waals surface area contributed by atoms with Crippen molar-refractivity contribution in [3.63, 3.8) is 0 Å². The number of carboxylic acid groups (broad SMARTS) is 1. The molecule has 128 valence electrons. The van der Waals surface area contributed by atoms with Gasteiger partial charge in [0.1, 0.15) is 6.04 Å². The van der Waals surface area contributed by atoms with Gasteiger partial charge in [-0.2, -0.15) is 0 Å². The zero-order valence-corrected chi connectivity index (χ0v) is 12.4. The van der Waals surface area contributed by atoms with Gasteiger partial charge in [-0.1, -0.05) is 0 Å². The summed E-state index contributed by atoms with van der Waals surface area (Å²) >= 11 is 0. The summed E-state index contributed by atoms with van der Waals surface area (Å²) in [7, 11) is 0. The zero-order chi connectivity index (χ0) is 17.7. The van der Waals surface area contributed by atoms with Crippen molar-refractivity contribution in [2.45, 2.75) is 18.9 Å². The van der Waals surface area contributed by atoms with E-state index in [2.05, 4.69) is 25.3 Å². The number of carboxylic acids is 1. The van der Waals surface area contributed by atoms with Crippen LogP contribution in [0.1, 0.15) is 12.8 Å². The Morgan fingerprint density at radius 3 is 2.75 bits per heavy atom. The summed E-state index contributed by atoms with van der Waals surface area (Å²) in [4.78, 5) is 25.4. The topological polar surface area (TPSA) is 196 Å². The van der Waals surface area contributed by atoms with Crippen LogP contribution < -0.4 is 16.8 Å². The van der Waals surface area contributed by atoms with E-state index in [4.69, 9.17) is 11.5 Å². The zero-order valence-electron chi connectivity index (χ0n) is 12.4. The number of non-ortho nitro benzene ring substituents is 1. The van der Waals surface area contributed by atoms with E-state index in [1.807, 2.05) is 0 Å². The number of hydrogen-bond acceptors (Lipinski definition) is 8. The van der Waals surface area contributed by atoms with Crippen molar-refractivity contribution >= 4 is 34.3 Å². The van der Waals surface area contributed by atoms with Crippen LogP contribution in [-0.2, 0) is 4.79 Å². The molecule has 1 aromatic carbocycles. The molecule has 0 aliphatic heterocycles. The molecule has 0 fully saturated rings. The molecule has 0 bridgehead atoms. The van der Waals surface area contributed by atoms with Gasteiger partial charge in [-0.15, -0.1) is 0 Å². The number of aliphatic carboxylic acids is 1. The molecule has 0 aliphatic carbocycles. The fourth-order valence-corrected chi connectivity index (χ4v) is 2.07. The summed E-state index contributed by atoms with van der Waals surface area (Å²) in [6.45, 7) is 0.287. The molecule has 0 saturated carbocycles. The predicted molar refractivity (Wildman–Crippen MR) is 83.4 cm³/mol. The molecule has 0 amide bonds. The van der Waals surface area contributed by atoms with E-state index in [1.54, 1.807) is 0 Å². The van der Waals surface area contributed by atoms with Crippen LogP contribution in [0.2, 0.25) is 0 Å². The number of rotatable bonds is 8. The third-order valence-corrected chi connectivity index (χ3v) is 3.16. The van der Waals surface area contributed by atoms with Crippen LogP contribution in [0.25, 0.3) is 11.0 Å². The molecule has 12 nitrogen and oxygen atoms in total. The Bertz CT molecular complexity index is 783. The number of nitro groups is 1. The molecule has 0 radical (unpaired) electrons. The van der Waals surface area contributed by atoms with Gasteiger partial charge < -0.3 is 21.9 Å². The first-order valence-corrected chi connectivity index (χ1v) is 6.84. The van der Waals surface area contributed by atoms with Crippen LogP contribution in [0, 0.1) is 10.1 Å². The number of benzene rings is 1. The van der Waals surface area contributed by atoms with E-state index < -0.39 is 16.9 Å². The van der Waals surface area contributed by atoms with Gasteiger partial charge in [0.2, 0.25) is 5.52 Å². The SMILES string of the molecule is NC(N)=NCCC[C@H](Nc1ccc([N+](=O)[O-])c2nonc12)C(=O)O. The van der Waals surface area contributed by atoms with Crippen molar-refractivity contribution in [2.24, 2.45) is 16.5 Å². The second-order valence-corrected chi connectivity index (χ2v) is 4.83. The Balaban J connectivity index is 2.18. The first-order valence-electron chi connectivity index (χ1n) is 6.84. The average molecular weight is 337 g/mol. The molecule has 0 spiro atoms. The Labute approximate surface area is 134 Å². The highest BCUT2D eigenvalue weighted by atomic mass is 16.6. The molecule has 6 N–H and O–H groups in total. The van der Waals surface area contributed by atoms with Gasteiger partial charge in [0, 0.05) is 12.6 Å². The van der Waals surface area contributed by atoms with Crippen LogP contribution in [0.5, 0.6) is 0 Å². The number of aromatic nitrogens is 2. The molecule has 12 heteroatoms. The van der Waals surface area contributed by atoms with Crippen LogP contribution in [0.15, 0.2) is 21.8 Å². The summed E-state index contributed by atoms with van der Waals surface area (Å²) in [5.41, 5.74) is 10.4. The maximum Gasteiger partial charge on any atom is 0.326 e. The van der Waals surface area contributed by atoms with Gasteiger partial charge in [-0.3, -0.25) is 15.1 Å². The van der Waals surface area contributed by atoms with Crippen molar-refractivity contribution < 1.29 is 19.5 Å². The van der Waals surface area contributed by atoms with E-state index in [9.17, 15) is 20.0 Å². The van der Waals surface area contributed by atoms with Gasteiger partial charge in [-0.25, -0.2) is 9.42 Å². The quantitative estimate of drug-likeness (QED) is 0.168. The number of nitrogens with one attached hydrogen (secondary N) is 1. The van der Waals surface area contributed by atoms with Crippen molar-refractivity contribution in [2.75, 3.05) is 11.9 Å². The van der Waals surface area contributed by atoms with Gasteiger partial charge >= 0.3 is 11.7 Å². The molecule has 1 atom stereocenters. The van der Waals surface area contributed by atoms with Crippen LogP contribution in [0.3, 0.4) is 0 Å². The minimum Gasteiger partial charge on any atom is -0.480 e. The van der Waals surface area contributed by atoms with Crippen LogP contribution >= 0.6 is 0 Å². The highest BCUT2D eigenvalue weighted by Gasteiger charge is 2.23. The fraction of sp³-hybridized carbons (Fsp3) is 0.333. The summed E-state index contributed by atoms with van der Waals surface area (Å²) in [6, 6.07) is 1.60. The molecule has 0 aliphatic rings. The number of hydrogen-bond donors (Lipinski definition) is 4. The average Bonchev–Trinajstić information content (AvgIpc) is 2.99. The fourth-order valence-electron chi connectivity index (χ4n) is 2.07. The number of nitrogens with two attached hydrogens (primary N) is 2. The van der Waals surface area contributed by atoms with Gasteiger partial charge in [0.25, 0.3) is 0 Å². The molecular formula is C12H15N7O5. The molecule has 24 heavy (non-hydrogen) atoms. The summed E-state index contributed by atoms with van der Waals surface area (Å²) < 4.78 is 4.53. The van der Waals surface area contributed by atoms with Crippen molar-refractivity contribution in [3.05, 3.63) is 22.2 Å². The Morgan fingerprint density at radius 2 is 2.12 bits per heavy atom. The lowest BCUT2D eigenvalue weighted by molar-refractivity contribution is -0.383. The van der Waals surface area contributed by atoms with E-state index in [-0.39, 0.29) is 41.3 Å². The number of anilines is 1. The number of guanidine groups is 1. The monoisotopic (exact) mass is 337 g/mol. The van der Waals surface area contributed by atoms with Crippen molar-refractivity contribution in [3.8, 4) is 0 Å². The molecular weight excluding hydrogens is 322 g/mol. The van der Waals surface area contributed by atoms with Gasteiger partial charge in [0.05, 0.1) is 10.6 Å². The lowest BCUT2D eigenvalue weighted by Crippen LogP contribution is -2.29. The first-order chi connectivity index (χ1) is 11.4. The molecule has 0 unspecified atom stereocenters. The predicted octanol–water partition coefficient (Wildman–Crippen LogP) is 0.0497. The summed E-state index contributed by atoms with van der Waals surface area (Å²) in [5, 5.41) is 30.1. The van der Waals surface area contributed by atoms with Gasteiger partial charge in [0.15, 0.2) is 11.5 Å². The number of carbonyl (C=O) groups is 1. The normalized spacial score (nSPS) is 11.8. The Kier molecular flexibility index (Phi) is 5.09. The van der Waals surface area contributed by atoms with Crippen molar-refractivity contribution in [1.29, 1.82) is 0 Å². The van der Waals surface area contributed by atoms with E-state index in [1.165, 1.54) is 12.1 Å². The Hall–Kier alpha value is -3.44. The van der Waals surface area contributed by atoms with Crippen LogP contribution in [0.4, 0.5) is 11.4 Å². The lowest BCUT2D eigenvalue weighted by Gasteiger charge is -2.15. The second-order valence-electron chi connectivity index (χ2n) is 4.83. The highest BCUT2D eigenvalue weighted by Crippen LogP contribution is 2.29. The number of nitrogens with zero attached hydrogens (tertiary/aromatic N) is 4. The minimum atomic E-state index is -1.09. The first kappa shape index (κ1) is 16.9. The molecule has 0 saturated heterocycles. The number of fused-ring (bicyclic) bond motifs is 1. The Morgan fingerprint density at radius 1 is 1.42 bits per heavy atom. The highest BCUT2D eigenvalue weighted by molar-refractivity contribution is 5.94. The van der Waals surface area contributed by atoms with E-state index >= 15 is 0 Å². The maximum atomic E-state index is 11.4.